The summed E-state index contributed by atoms with van der Waals surface area (Å²) < 4.78 is 20.2. The van der Waals surface area contributed by atoms with E-state index >= 15 is 0 Å². The second kappa shape index (κ2) is 8.97. The molecule has 31 heavy (non-hydrogen) atoms. The van der Waals surface area contributed by atoms with Gasteiger partial charge in [-0.1, -0.05) is 23.7 Å². The van der Waals surface area contributed by atoms with E-state index in [4.69, 9.17) is 16.3 Å². The number of benzene rings is 2. The summed E-state index contributed by atoms with van der Waals surface area (Å²) in [5, 5.41) is 8.34. The number of nitrogens with zero attached hydrogens (tertiary/aromatic N) is 3. The van der Waals surface area contributed by atoms with Gasteiger partial charge in [0.05, 0.1) is 29.2 Å². The summed E-state index contributed by atoms with van der Waals surface area (Å²) in [7, 11) is 0. The molecule has 0 spiro atoms. The van der Waals surface area contributed by atoms with Crippen LogP contribution in [-0.4, -0.2) is 27.3 Å². The second-order valence-electron chi connectivity index (χ2n) is 6.54. The Kier molecular flexibility index (Phi) is 5.95. The number of pyridine rings is 1. The number of hydrogen-bond acceptors (Lipinski definition) is 5. The van der Waals surface area contributed by atoms with Gasteiger partial charge in [0, 0.05) is 11.8 Å². The largest absolute Gasteiger partial charge is 0.462 e. The minimum absolute atomic E-state index is 0.248. The minimum atomic E-state index is -0.486. The van der Waals surface area contributed by atoms with E-state index in [0.717, 1.165) is 0 Å². The Morgan fingerprint density at radius 2 is 1.90 bits per heavy atom. The van der Waals surface area contributed by atoms with Crippen molar-refractivity contribution in [2.24, 2.45) is 0 Å². The molecule has 2 aromatic heterocycles. The Morgan fingerprint density at radius 3 is 2.65 bits per heavy atom. The van der Waals surface area contributed by atoms with E-state index < -0.39 is 5.97 Å². The third-order valence-electron chi connectivity index (χ3n) is 4.49. The number of para-hydroxylation sites is 1. The Morgan fingerprint density at radius 1 is 1.13 bits per heavy atom. The minimum Gasteiger partial charge on any atom is -0.462 e. The second-order valence-corrected chi connectivity index (χ2v) is 6.95. The SMILES string of the molecule is CCOC(=O)c1cccnc1Nc1cn(-c2ccccc2Cl)nc1-c1ccc(F)cc1. The van der Waals surface area contributed by atoms with Crippen LogP contribution in [0.15, 0.2) is 73.1 Å². The zero-order valence-electron chi connectivity index (χ0n) is 16.5. The lowest BCUT2D eigenvalue weighted by Gasteiger charge is -2.10. The van der Waals surface area contributed by atoms with Crippen molar-refractivity contribution in [3.8, 4) is 16.9 Å². The molecule has 0 saturated heterocycles. The van der Waals surface area contributed by atoms with Gasteiger partial charge < -0.3 is 10.1 Å². The zero-order valence-corrected chi connectivity index (χ0v) is 17.3. The van der Waals surface area contributed by atoms with Crippen LogP contribution in [0.5, 0.6) is 0 Å². The van der Waals surface area contributed by atoms with Crippen molar-refractivity contribution < 1.29 is 13.9 Å². The van der Waals surface area contributed by atoms with Crippen LogP contribution in [0.1, 0.15) is 17.3 Å². The first-order valence-electron chi connectivity index (χ1n) is 9.56. The van der Waals surface area contributed by atoms with Crippen LogP contribution in [0, 0.1) is 5.82 Å². The maximum absolute atomic E-state index is 13.5. The average Bonchev–Trinajstić information content (AvgIpc) is 3.18. The van der Waals surface area contributed by atoms with Crippen LogP contribution in [0.4, 0.5) is 15.9 Å². The van der Waals surface area contributed by atoms with Gasteiger partial charge in [-0.15, -0.1) is 0 Å². The monoisotopic (exact) mass is 436 g/mol. The fourth-order valence-electron chi connectivity index (χ4n) is 3.05. The molecule has 0 amide bonds. The molecular weight excluding hydrogens is 419 g/mol. The van der Waals surface area contributed by atoms with Gasteiger partial charge >= 0.3 is 5.97 Å². The number of nitrogens with one attached hydrogen (secondary N) is 1. The Labute approximate surface area is 183 Å². The summed E-state index contributed by atoms with van der Waals surface area (Å²) in [6.45, 7) is 1.99. The molecule has 0 atom stereocenters. The van der Waals surface area contributed by atoms with Crippen LogP contribution in [0.25, 0.3) is 16.9 Å². The Bertz CT molecular complexity index is 1220. The summed E-state index contributed by atoms with van der Waals surface area (Å²) >= 11 is 6.34. The molecule has 8 heteroatoms. The van der Waals surface area contributed by atoms with Crippen molar-refractivity contribution in [1.82, 2.24) is 14.8 Å². The predicted octanol–water partition coefficient (Wildman–Crippen LogP) is 5.65. The summed E-state index contributed by atoms with van der Waals surface area (Å²) in [5.74, 6) is -0.513. The maximum Gasteiger partial charge on any atom is 0.341 e. The topological polar surface area (TPSA) is 69.0 Å². The number of aromatic nitrogens is 3. The van der Waals surface area contributed by atoms with Crippen molar-refractivity contribution in [2.45, 2.75) is 6.92 Å². The van der Waals surface area contributed by atoms with Gasteiger partial charge in [-0.05, 0) is 55.5 Å². The number of rotatable bonds is 6. The highest BCUT2D eigenvalue weighted by Gasteiger charge is 2.18. The van der Waals surface area contributed by atoms with Crippen molar-refractivity contribution in [3.05, 3.63) is 89.5 Å². The highest BCUT2D eigenvalue weighted by molar-refractivity contribution is 6.32. The molecule has 156 valence electrons. The smallest absolute Gasteiger partial charge is 0.341 e. The average molecular weight is 437 g/mol. The van der Waals surface area contributed by atoms with Gasteiger partial charge in [0.2, 0.25) is 0 Å². The molecule has 4 aromatic rings. The molecule has 0 unspecified atom stereocenters. The van der Waals surface area contributed by atoms with Gasteiger partial charge in [0.1, 0.15) is 22.9 Å². The third kappa shape index (κ3) is 4.41. The summed E-state index contributed by atoms with van der Waals surface area (Å²) in [4.78, 5) is 16.6. The maximum atomic E-state index is 13.5. The number of anilines is 2. The molecule has 0 aliphatic heterocycles. The van der Waals surface area contributed by atoms with Crippen LogP contribution >= 0.6 is 11.6 Å². The van der Waals surface area contributed by atoms with E-state index in [1.165, 1.54) is 12.1 Å². The van der Waals surface area contributed by atoms with Crippen LogP contribution in [-0.2, 0) is 4.74 Å². The predicted molar refractivity (Wildman–Crippen MR) is 117 cm³/mol. The fourth-order valence-corrected chi connectivity index (χ4v) is 3.28. The molecule has 0 bridgehead atoms. The summed E-state index contributed by atoms with van der Waals surface area (Å²) in [6, 6.07) is 16.5. The molecule has 0 saturated carbocycles. The summed E-state index contributed by atoms with van der Waals surface area (Å²) in [6.07, 6.45) is 3.31. The summed E-state index contributed by atoms with van der Waals surface area (Å²) in [5.41, 5.74) is 2.76. The first-order chi connectivity index (χ1) is 15.1. The van der Waals surface area contributed by atoms with Crippen LogP contribution in [0.2, 0.25) is 5.02 Å². The standard InChI is InChI=1S/C23H18ClFN4O2/c1-2-31-23(30)17-6-5-13-26-22(17)27-19-14-29(20-8-4-3-7-18(20)24)28-21(19)15-9-11-16(25)12-10-15/h3-14H,2H2,1H3,(H,26,27). The Hall–Kier alpha value is -3.71. The van der Waals surface area contributed by atoms with E-state index in [0.29, 0.717) is 39.0 Å². The van der Waals surface area contributed by atoms with Crippen molar-refractivity contribution in [3.63, 3.8) is 0 Å². The molecule has 6 nitrogen and oxygen atoms in total. The fraction of sp³-hybridized carbons (Fsp3) is 0.0870. The van der Waals surface area contributed by atoms with Gasteiger partial charge in [-0.3, -0.25) is 0 Å². The van der Waals surface area contributed by atoms with Gasteiger partial charge in [0.25, 0.3) is 0 Å². The van der Waals surface area contributed by atoms with Gasteiger partial charge in [-0.2, -0.15) is 5.10 Å². The number of ether oxygens (including phenoxy) is 1. The van der Waals surface area contributed by atoms with Crippen molar-refractivity contribution in [2.75, 3.05) is 11.9 Å². The molecule has 0 fully saturated rings. The van der Waals surface area contributed by atoms with E-state index in [2.05, 4.69) is 15.4 Å². The number of esters is 1. The normalized spacial score (nSPS) is 10.7. The number of carbonyl (C=O) groups excluding carboxylic acids is 1. The van der Waals surface area contributed by atoms with Crippen molar-refractivity contribution >= 4 is 29.1 Å². The first kappa shape index (κ1) is 20.6. The highest BCUT2D eigenvalue weighted by Crippen LogP contribution is 2.32. The molecule has 4 rings (SSSR count). The number of carbonyl (C=O) groups is 1. The molecule has 0 aliphatic rings. The first-order valence-corrected chi connectivity index (χ1v) is 9.94. The van der Waals surface area contributed by atoms with E-state index in [1.54, 1.807) is 54.3 Å². The molecule has 0 radical (unpaired) electrons. The van der Waals surface area contributed by atoms with E-state index in [9.17, 15) is 9.18 Å². The van der Waals surface area contributed by atoms with Gasteiger partial charge in [0.15, 0.2) is 0 Å². The zero-order chi connectivity index (χ0) is 21.8. The molecule has 2 aromatic carbocycles. The van der Waals surface area contributed by atoms with E-state index in [-0.39, 0.29) is 12.4 Å². The third-order valence-corrected chi connectivity index (χ3v) is 4.81. The van der Waals surface area contributed by atoms with Crippen LogP contribution in [0.3, 0.4) is 0 Å². The van der Waals surface area contributed by atoms with Crippen molar-refractivity contribution in [1.29, 1.82) is 0 Å². The molecule has 0 aliphatic carbocycles. The lowest BCUT2D eigenvalue weighted by Crippen LogP contribution is -2.09. The molecule has 2 heterocycles. The van der Waals surface area contributed by atoms with Crippen LogP contribution < -0.4 is 5.32 Å². The highest BCUT2D eigenvalue weighted by atomic mass is 35.5. The number of halogens is 2. The Balaban J connectivity index is 1.81. The van der Waals surface area contributed by atoms with E-state index in [1.807, 2.05) is 18.2 Å². The quantitative estimate of drug-likeness (QED) is 0.396. The lowest BCUT2D eigenvalue weighted by atomic mass is 10.1. The molecular formula is C23H18ClFN4O2. The van der Waals surface area contributed by atoms with Gasteiger partial charge in [-0.25, -0.2) is 18.9 Å². The molecule has 1 N–H and O–H groups in total. The lowest BCUT2D eigenvalue weighted by molar-refractivity contribution is 0.0527. The number of hydrogen-bond donors (Lipinski definition) is 1.